The number of sulfonamides is 1. The fourth-order valence-electron chi connectivity index (χ4n) is 3.53. The van der Waals surface area contributed by atoms with Gasteiger partial charge >= 0.3 is 0 Å². The summed E-state index contributed by atoms with van der Waals surface area (Å²) >= 11 is 0. The van der Waals surface area contributed by atoms with Crippen LogP contribution in [-0.2, 0) is 21.2 Å². The van der Waals surface area contributed by atoms with Gasteiger partial charge in [-0.25, -0.2) is 22.2 Å². The zero-order valence-electron chi connectivity index (χ0n) is 17.4. The van der Waals surface area contributed by atoms with Crippen LogP contribution in [0.1, 0.15) is 25.2 Å². The van der Waals surface area contributed by atoms with E-state index in [1.165, 1.54) is 34.8 Å². The molecule has 1 amide bonds. The average molecular weight is 477 g/mol. The number of carbonyl (C=O) groups excluding carboxylic acids is 1. The van der Waals surface area contributed by atoms with Gasteiger partial charge in [0.15, 0.2) is 11.7 Å². The van der Waals surface area contributed by atoms with Gasteiger partial charge in [-0.05, 0) is 43.2 Å². The third kappa shape index (κ3) is 5.04. The second-order valence-corrected chi connectivity index (χ2v) is 9.52. The van der Waals surface area contributed by atoms with Crippen LogP contribution in [0.25, 0.3) is 11.3 Å². The van der Waals surface area contributed by atoms with Crippen molar-refractivity contribution in [3.63, 3.8) is 0 Å². The molecule has 11 heteroatoms. The van der Waals surface area contributed by atoms with Crippen LogP contribution in [0.15, 0.2) is 51.9 Å². The molecule has 0 unspecified atom stereocenters. The number of rotatable bonds is 7. The van der Waals surface area contributed by atoms with Gasteiger partial charge in [0.25, 0.3) is 0 Å². The zero-order valence-corrected chi connectivity index (χ0v) is 18.2. The van der Waals surface area contributed by atoms with E-state index in [-0.39, 0.29) is 46.4 Å². The number of hydrogen-bond donors (Lipinski definition) is 2. The molecule has 0 aliphatic carbocycles. The highest BCUT2D eigenvalue weighted by Gasteiger charge is 2.28. The number of oxazole rings is 1. The first-order chi connectivity index (χ1) is 15.7. The number of nitrogens with zero attached hydrogens (tertiary/aromatic N) is 2. The minimum absolute atomic E-state index is 0.0174. The van der Waals surface area contributed by atoms with Gasteiger partial charge in [0, 0.05) is 32.0 Å². The summed E-state index contributed by atoms with van der Waals surface area (Å²) in [7, 11) is -3.71. The number of aromatic nitrogens is 1. The molecule has 0 spiro atoms. The van der Waals surface area contributed by atoms with Crippen molar-refractivity contribution in [2.45, 2.75) is 30.6 Å². The molecule has 0 bridgehead atoms. The van der Waals surface area contributed by atoms with Crippen molar-refractivity contribution in [3.05, 3.63) is 60.1 Å². The fourth-order valence-corrected chi connectivity index (χ4v) is 5.07. The third-order valence-electron chi connectivity index (χ3n) is 5.26. The van der Waals surface area contributed by atoms with E-state index in [0.29, 0.717) is 13.1 Å². The maximum Gasteiger partial charge on any atom is 0.243 e. The highest BCUT2D eigenvalue weighted by Crippen LogP contribution is 2.30. The molecule has 1 fully saturated rings. The molecule has 1 saturated heterocycles. The molecule has 3 aromatic rings. The lowest BCUT2D eigenvalue weighted by atomic mass is 10.2. The average Bonchev–Trinajstić information content (AvgIpc) is 3.46. The first-order valence-corrected chi connectivity index (χ1v) is 11.7. The van der Waals surface area contributed by atoms with Crippen molar-refractivity contribution < 1.29 is 31.5 Å². The van der Waals surface area contributed by atoms with Crippen LogP contribution in [0, 0.1) is 11.6 Å². The lowest BCUT2D eigenvalue weighted by molar-refractivity contribution is -0.116. The summed E-state index contributed by atoms with van der Waals surface area (Å²) in [5.41, 5.74) is 0.0160. The Hall–Kier alpha value is -3.31. The molecule has 8 nitrogen and oxygen atoms in total. The highest BCUT2D eigenvalue weighted by molar-refractivity contribution is 7.89. The second kappa shape index (κ2) is 9.28. The summed E-state index contributed by atoms with van der Waals surface area (Å²) in [6.45, 7) is 0.871. The maximum atomic E-state index is 13.9. The molecule has 33 heavy (non-hydrogen) atoms. The number of nitrogens with one attached hydrogen (secondary N) is 1. The Bertz CT molecular complexity index is 1290. The normalized spacial score (nSPS) is 14.5. The molecule has 1 aliphatic heterocycles. The van der Waals surface area contributed by atoms with Gasteiger partial charge in [-0.2, -0.15) is 4.31 Å². The molecule has 4 rings (SSSR count). The van der Waals surface area contributed by atoms with Crippen LogP contribution in [0.5, 0.6) is 5.75 Å². The van der Waals surface area contributed by atoms with E-state index < -0.39 is 27.6 Å². The van der Waals surface area contributed by atoms with Crippen LogP contribution < -0.4 is 5.32 Å². The minimum atomic E-state index is -3.71. The van der Waals surface area contributed by atoms with Crippen molar-refractivity contribution in [2.24, 2.45) is 0 Å². The minimum Gasteiger partial charge on any atom is -0.506 e. The molecule has 0 atom stereocenters. The first kappa shape index (κ1) is 22.9. The van der Waals surface area contributed by atoms with E-state index in [9.17, 15) is 27.1 Å². The Kier molecular flexibility index (Phi) is 6.43. The summed E-state index contributed by atoms with van der Waals surface area (Å²) in [6, 6.07) is 6.79. The Balaban J connectivity index is 1.41. The number of phenolic OH excluding ortho intramolecular Hbond substituents is 1. The van der Waals surface area contributed by atoms with Crippen LogP contribution in [0.2, 0.25) is 0 Å². The van der Waals surface area contributed by atoms with Gasteiger partial charge in [0.1, 0.15) is 17.4 Å². The molecule has 0 radical (unpaired) electrons. The predicted molar refractivity (Wildman–Crippen MR) is 115 cm³/mol. The van der Waals surface area contributed by atoms with Gasteiger partial charge in [-0.3, -0.25) is 4.79 Å². The lowest BCUT2D eigenvalue weighted by Crippen LogP contribution is -2.28. The smallest absolute Gasteiger partial charge is 0.243 e. The molecule has 0 saturated carbocycles. The fraction of sp³-hybridized carbons (Fsp3) is 0.273. The molecule has 2 N–H and O–H groups in total. The molecular formula is C22H21F2N3O5S. The molecule has 1 aliphatic rings. The van der Waals surface area contributed by atoms with Crippen molar-refractivity contribution >= 4 is 21.6 Å². The molecule has 2 heterocycles. The van der Waals surface area contributed by atoms with Crippen molar-refractivity contribution in [1.29, 1.82) is 0 Å². The van der Waals surface area contributed by atoms with Crippen molar-refractivity contribution in [3.8, 4) is 17.1 Å². The van der Waals surface area contributed by atoms with Gasteiger partial charge < -0.3 is 14.8 Å². The number of phenols is 1. The number of benzene rings is 2. The van der Waals surface area contributed by atoms with Crippen LogP contribution in [-0.4, -0.2) is 41.8 Å². The number of hydrogen-bond acceptors (Lipinski definition) is 6. The van der Waals surface area contributed by atoms with Gasteiger partial charge in [-0.15, -0.1) is 0 Å². The lowest BCUT2D eigenvalue weighted by Gasteiger charge is -2.16. The maximum absolute atomic E-state index is 13.9. The van der Waals surface area contributed by atoms with E-state index in [0.717, 1.165) is 25.0 Å². The Morgan fingerprint density at radius 1 is 1.15 bits per heavy atom. The summed E-state index contributed by atoms with van der Waals surface area (Å²) < 4.78 is 59.2. The molecule has 174 valence electrons. The Morgan fingerprint density at radius 3 is 2.64 bits per heavy atom. The van der Waals surface area contributed by atoms with Crippen LogP contribution in [0.4, 0.5) is 14.5 Å². The third-order valence-corrected chi connectivity index (χ3v) is 7.16. The van der Waals surface area contributed by atoms with Gasteiger partial charge in [0.05, 0.1) is 22.3 Å². The number of aryl methyl sites for hydroxylation is 1. The Morgan fingerprint density at radius 2 is 1.91 bits per heavy atom. The molecule has 2 aromatic carbocycles. The number of halogens is 2. The summed E-state index contributed by atoms with van der Waals surface area (Å²) in [6.07, 6.45) is 2.84. The number of carbonyl (C=O) groups is 1. The van der Waals surface area contributed by atoms with E-state index in [1.807, 2.05) is 0 Å². The number of aromatic hydroxyl groups is 1. The highest BCUT2D eigenvalue weighted by atomic mass is 32.2. The molecule has 1 aromatic heterocycles. The zero-order chi connectivity index (χ0) is 23.6. The van der Waals surface area contributed by atoms with Crippen LogP contribution in [0.3, 0.4) is 0 Å². The second-order valence-electron chi connectivity index (χ2n) is 7.58. The summed E-state index contributed by atoms with van der Waals surface area (Å²) in [4.78, 5) is 16.4. The first-order valence-electron chi connectivity index (χ1n) is 10.3. The van der Waals surface area contributed by atoms with Gasteiger partial charge in [0.2, 0.25) is 15.9 Å². The van der Waals surface area contributed by atoms with E-state index in [4.69, 9.17) is 4.42 Å². The van der Waals surface area contributed by atoms with Crippen LogP contribution >= 0.6 is 0 Å². The Labute approximate surface area is 188 Å². The monoisotopic (exact) mass is 477 g/mol. The summed E-state index contributed by atoms with van der Waals surface area (Å²) in [5.74, 6) is -2.02. The quantitative estimate of drug-likeness (QED) is 0.502. The SMILES string of the molecule is O=C(CCc1ncc(-c2ccc(F)cc2F)o1)Nc1cc(S(=O)(=O)N2CCCC2)ccc1O. The number of amides is 1. The number of anilines is 1. The van der Waals surface area contributed by atoms with E-state index in [1.54, 1.807) is 0 Å². The van der Waals surface area contributed by atoms with Crippen molar-refractivity contribution in [2.75, 3.05) is 18.4 Å². The van der Waals surface area contributed by atoms with E-state index >= 15 is 0 Å². The topological polar surface area (TPSA) is 113 Å². The van der Waals surface area contributed by atoms with E-state index in [2.05, 4.69) is 10.3 Å². The molecular weight excluding hydrogens is 456 g/mol. The summed E-state index contributed by atoms with van der Waals surface area (Å²) in [5, 5.41) is 12.6. The standard InChI is InChI=1S/C22H21F2N3O5S/c23-14-3-5-16(17(24)11-14)20-13-25-22(32-20)8-7-21(29)26-18-12-15(4-6-19(18)28)33(30,31)27-9-1-2-10-27/h3-6,11-13,28H,1-2,7-10H2,(H,26,29). The largest absolute Gasteiger partial charge is 0.506 e. The predicted octanol–water partition coefficient (Wildman–Crippen LogP) is 3.68. The van der Waals surface area contributed by atoms with Crippen molar-refractivity contribution in [1.82, 2.24) is 9.29 Å². The van der Waals surface area contributed by atoms with Gasteiger partial charge in [-0.1, -0.05) is 0 Å².